The Balaban J connectivity index is 1.85. The number of hydrogen-bond acceptors (Lipinski definition) is 4. The highest BCUT2D eigenvalue weighted by Gasteiger charge is 2.52. The van der Waals surface area contributed by atoms with Gasteiger partial charge in [-0.05, 0) is 51.9 Å². The van der Waals surface area contributed by atoms with Crippen molar-refractivity contribution >= 4 is 34.9 Å². The summed E-state index contributed by atoms with van der Waals surface area (Å²) in [5.74, 6) is 0. The Bertz CT molecular complexity index is 600. The van der Waals surface area contributed by atoms with Gasteiger partial charge in [0.25, 0.3) is 0 Å². The average Bonchev–Trinajstić information content (AvgIpc) is 2.79. The molecule has 24 heavy (non-hydrogen) atoms. The molecule has 0 aliphatic carbocycles. The minimum absolute atomic E-state index is 0.323. The highest BCUT2D eigenvalue weighted by atomic mass is 28.4. The molecule has 0 unspecified atom stereocenters. The van der Waals surface area contributed by atoms with Crippen molar-refractivity contribution in [2.45, 2.75) is 77.2 Å². The van der Waals surface area contributed by atoms with E-state index in [9.17, 15) is 0 Å². The molecule has 0 atom stereocenters. The first-order chi connectivity index (χ1) is 10.9. The van der Waals surface area contributed by atoms with Crippen molar-refractivity contribution in [1.82, 2.24) is 4.98 Å². The van der Waals surface area contributed by atoms with E-state index in [2.05, 4.69) is 70.2 Å². The number of anilines is 1. The van der Waals surface area contributed by atoms with Gasteiger partial charge in [0.15, 0.2) is 0 Å². The minimum atomic E-state index is -1.35. The molecule has 2 saturated heterocycles. The molecule has 2 fully saturated rings. The number of aromatic nitrogens is 1. The van der Waals surface area contributed by atoms with Crippen LogP contribution < -0.4 is 9.82 Å². The average molecular weight is 362 g/mol. The largest absolute Gasteiger partial charge is 0.514 e. The molecule has 3 rings (SSSR count). The molecule has 1 aromatic rings. The standard InChI is InChI=1S/C17H31BN2O2Si2/c1-16(2)17(3,4)22-18(21-16)15-10-9-14(13-19-15)20-23(5,6)11-12-24(20,7)8/h9-10,13H,11-12H2,1-8H3. The smallest absolute Gasteiger partial charge is 0.423 e. The van der Waals surface area contributed by atoms with Crippen LogP contribution in [0.15, 0.2) is 18.3 Å². The summed E-state index contributed by atoms with van der Waals surface area (Å²) in [6.07, 6.45) is 2.04. The van der Waals surface area contributed by atoms with Gasteiger partial charge in [0.05, 0.1) is 16.8 Å². The fraction of sp³-hybridized carbons (Fsp3) is 0.706. The van der Waals surface area contributed by atoms with Gasteiger partial charge in [-0.2, -0.15) is 0 Å². The van der Waals surface area contributed by atoms with Gasteiger partial charge >= 0.3 is 7.12 Å². The second-order valence-corrected chi connectivity index (χ2v) is 19.1. The summed E-state index contributed by atoms with van der Waals surface area (Å²) in [6, 6.07) is 7.10. The van der Waals surface area contributed by atoms with Gasteiger partial charge in [-0.3, -0.25) is 4.98 Å². The van der Waals surface area contributed by atoms with Crippen molar-refractivity contribution < 1.29 is 9.31 Å². The maximum Gasteiger partial charge on any atom is 0.514 e. The monoisotopic (exact) mass is 362 g/mol. The van der Waals surface area contributed by atoms with Crippen LogP contribution in [-0.4, -0.2) is 39.8 Å². The maximum absolute atomic E-state index is 6.12. The Morgan fingerprint density at radius 3 is 1.88 bits per heavy atom. The SMILES string of the molecule is CC1(C)OB(c2ccc(N3[Si](C)(C)CC[Si]3(C)C)cn2)OC1(C)C. The molecule has 0 radical (unpaired) electrons. The van der Waals surface area contributed by atoms with Crippen LogP contribution in [0.2, 0.25) is 38.3 Å². The molecule has 2 aliphatic rings. The van der Waals surface area contributed by atoms with E-state index in [1.54, 1.807) is 0 Å². The van der Waals surface area contributed by atoms with Crippen LogP contribution in [0.5, 0.6) is 0 Å². The Labute approximate surface area is 149 Å². The fourth-order valence-corrected chi connectivity index (χ4v) is 18.2. The third kappa shape index (κ3) is 2.89. The summed E-state index contributed by atoms with van der Waals surface area (Å²) in [7, 11) is -3.07. The lowest BCUT2D eigenvalue weighted by molar-refractivity contribution is 0.00578. The fourth-order valence-electron chi connectivity index (χ4n) is 3.99. The topological polar surface area (TPSA) is 34.6 Å². The lowest BCUT2D eigenvalue weighted by Crippen LogP contribution is -2.55. The summed E-state index contributed by atoms with van der Waals surface area (Å²) >= 11 is 0. The zero-order valence-electron chi connectivity index (χ0n) is 16.4. The van der Waals surface area contributed by atoms with Crippen LogP contribution >= 0.6 is 0 Å². The van der Waals surface area contributed by atoms with E-state index in [-0.39, 0.29) is 18.3 Å². The predicted molar refractivity (Wildman–Crippen MR) is 107 cm³/mol. The van der Waals surface area contributed by atoms with Crippen LogP contribution in [-0.2, 0) is 9.31 Å². The molecule has 0 aromatic carbocycles. The lowest BCUT2D eigenvalue weighted by atomic mass is 9.84. The van der Waals surface area contributed by atoms with Crippen molar-refractivity contribution in [3.05, 3.63) is 18.3 Å². The van der Waals surface area contributed by atoms with Crippen molar-refractivity contribution in [2.24, 2.45) is 0 Å². The van der Waals surface area contributed by atoms with Gasteiger partial charge in [0.2, 0.25) is 0 Å². The molecular formula is C17H31BN2O2Si2. The van der Waals surface area contributed by atoms with E-state index in [0.29, 0.717) is 0 Å². The van der Waals surface area contributed by atoms with E-state index < -0.39 is 16.5 Å². The molecule has 4 nitrogen and oxygen atoms in total. The highest BCUT2D eigenvalue weighted by molar-refractivity contribution is 7.04. The summed E-state index contributed by atoms with van der Waals surface area (Å²) in [4.78, 5) is 4.72. The first-order valence-corrected chi connectivity index (χ1v) is 15.3. The van der Waals surface area contributed by atoms with Gasteiger partial charge in [0.1, 0.15) is 16.5 Å². The van der Waals surface area contributed by atoms with Crippen molar-refractivity contribution in [3.8, 4) is 0 Å². The molecule has 132 valence electrons. The van der Waals surface area contributed by atoms with Gasteiger partial charge < -0.3 is 13.5 Å². The molecule has 1 aromatic heterocycles. The lowest BCUT2D eigenvalue weighted by Gasteiger charge is -2.41. The van der Waals surface area contributed by atoms with Crippen LogP contribution in [0.25, 0.3) is 0 Å². The summed E-state index contributed by atoms with van der Waals surface area (Å²) in [5.41, 5.74) is 1.52. The summed E-state index contributed by atoms with van der Waals surface area (Å²) in [5, 5.41) is 0. The van der Waals surface area contributed by atoms with Gasteiger partial charge in [-0.25, -0.2) is 0 Å². The van der Waals surface area contributed by atoms with Crippen LogP contribution in [0, 0.1) is 0 Å². The van der Waals surface area contributed by atoms with E-state index >= 15 is 0 Å². The molecule has 0 spiro atoms. The van der Waals surface area contributed by atoms with E-state index in [1.807, 2.05) is 6.20 Å². The minimum Gasteiger partial charge on any atom is -0.423 e. The van der Waals surface area contributed by atoms with Gasteiger partial charge in [-0.15, -0.1) is 0 Å². The molecule has 2 aliphatic heterocycles. The van der Waals surface area contributed by atoms with Crippen molar-refractivity contribution in [1.29, 1.82) is 0 Å². The molecule has 0 amide bonds. The second kappa shape index (κ2) is 5.43. The number of hydrogen-bond donors (Lipinski definition) is 0. The zero-order valence-corrected chi connectivity index (χ0v) is 18.4. The van der Waals surface area contributed by atoms with E-state index in [1.165, 1.54) is 17.8 Å². The number of pyridine rings is 1. The Morgan fingerprint density at radius 2 is 1.46 bits per heavy atom. The predicted octanol–water partition coefficient (Wildman–Crippen LogP) is 3.61. The molecule has 3 heterocycles. The first-order valence-electron chi connectivity index (χ1n) is 8.98. The van der Waals surface area contributed by atoms with Crippen molar-refractivity contribution in [2.75, 3.05) is 4.23 Å². The molecule has 0 bridgehead atoms. The van der Waals surface area contributed by atoms with E-state index in [4.69, 9.17) is 14.3 Å². The summed E-state index contributed by atoms with van der Waals surface area (Å²) < 4.78 is 15.0. The van der Waals surface area contributed by atoms with Crippen LogP contribution in [0.4, 0.5) is 5.69 Å². The molecule has 0 saturated carbocycles. The molecular weight excluding hydrogens is 331 g/mol. The highest BCUT2D eigenvalue weighted by Crippen LogP contribution is 2.40. The van der Waals surface area contributed by atoms with Crippen LogP contribution in [0.1, 0.15) is 27.7 Å². The Kier molecular flexibility index (Phi) is 4.11. The Hall–Kier alpha value is -0.631. The molecule has 7 heteroatoms. The van der Waals surface area contributed by atoms with Crippen LogP contribution in [0.3, 0.4) is 0 Å². The maximum atomic E-state index is 6.12. The zero-order chi connectivity index (χ0) is 18.0. The van der Waals surface area contributed by atoms with Crippen molar-refractivity contribution in [3.63, 3.8) is 0 Å². The number of nitrogens with zero attached hydrogens (tertiary/aromatic N) is 2. The van der Waals surface area contributed by atoms with Gasteiger partial charge in [-0.1, -0.05) is 26.2 Å². The second-order valence-electron chi connectivity index (χ2n) is 9.49. The third-order valence-corrected chi connectivity index (χ3v) is 16.1. The Morgan fingerprint density at radius 1 is 0.958 bits per heavy atom. The quantitative estimate of drug-likeness (QED) is 0.753. The third-order valence-electron chi connectivity index (χ3n) is 6.08. The normalized spacial score (nSPS) is 26.8. The van der Waals surface area contributed by atoms with E-state index in [0.717, 1.165) is 5.59 Å². The molecule has 0 N–H and O–H groups in total. The number of rotatable bonds is 2. The van der Waals surface area contributed by atoms with Gasteiger partial charge in [0, 0.05) is 11.9 Å². The summed E-state index contributed by atoms with van der Waals surface area (Å²) in [6.45, 7) is 18.2. The first kappa shape index (κ1) is 18.2.